The number of rotatable bonds is 6. The number of likely N-dealkylation sites (N-methyl/N-ethyl adjacent to an activating group) is 1. The van der Waals surface area contributed by atoms with Crippen molar-refractivity contribution in [3.63, 3.8) is 0 Å². The third-order valence-electron chi connectivity index (χ3n) is 4.70. The number of piperidine rings is 1. The maximum absolute atomic E-state index is 12.6. The molecule has 0 spiro atoms. The molecule has 3 heterocycles. The van der Waals surface area contributed by atoms with Gasteiger partial charge in [-0.15, -0.1) is 0 Å². The van der Waals surface area contributed by atoms with E-state index < -0.39 is 0 Å². The summed E-state index contributed by atoms with van der Waals surface area (Å²) in [6, 6.07) is 3.56. The van der Waals surface area contributed by atoms with E-state index in [2.05, 4.69) is 20.0 Å². The second-order valence-electron chi connectivity index (χ2n) is 6.52. The van der Waals surface area contributed by atoms with Gasteiger partial charge in [0.1, 0.15) is 11.9 Å². The fourth-order valence-corrected chi connectivity index (χ4v) is 3.15. The molecule has 1 aliphatic heterocycles. The third kappa shape index (κ3) is 4.41. The lowest BCUT2D eigenvalue weighted by Crippen LogP contribution is -2.41. The second kappa shape index (κ2) is 8.60. The standard InChI is InChI=1S/C18H23N7O2/c1-23(6-7-27-2)16-8-18(26)25(22-11-16)15-4-3-5-24(13-15)17-12-20-14(9-19)10-21-17/h8,10-12,15H,3-7,13H2,1-2H3/t15-/m0/s1. The molecule has 0 unspecified atom stereocenters. The zero-order valence-corrected chi connectivity index (χ0v) is 15.6. The monoisotopic (exact) mass is 369 g/mol. The summed E-state index contributed by atoms with van der Waals surface area (Å²) in [5.41, 5.74) is 0.951. The normalized spacial score (nSPS) is 16.8. The number of aromatic nitrogens is 4. The highest BCUT2D eigenvalue weighted by Crippen LogP contribution is 2.23. The maximum atomic E-state index is 12.6. The number of hydrogen-bond acceptors (Lipinski definition) is 8. The van der Waals surface area contributed by atoms with Crippen LogP contribution in [-0.2, 0) is 4.74 Å². The van der Waals surface area contributed by atoms with Crippen molar-refractivity contribution in [3.8, 4) is 6.07 Å². The molecule has 9 nitrogen and oxygen atoms in total. The SMILES string of the molecule is COCCN(C)c1cnn([C@H]2CCCN(c3cnc(C#N)cn3)C2)c(=O)c1. The summed E-state index contributed by atoms with van der Waals surface area (Å²) >= 11 is 0. The Labute approximate surface area is 157 Å². The van der Waals surface area contributed by atoms with E-state index in [4.69, 9.17) is 10.00 Å². The largest absolute Gasteiger partial charge is 0.383 e. The summed E-state index contributed by atoms with van der Waals surface area (Å²) in [7, 11) is 3.56. The number of anilines is 2. The fourth-order valence-electron chi connectivity index (χ4n) is 3.15. The summed E-state index contributed by atoms with van der Waals surface area (Å²) in [5.74, 6) is 0.711. The van der Waals surface area contributed by atoms with Crippen molar-refractivity contribution in [2.45, 2.75) is 18.9 Å². The van der Waals surface area contributed by atoms with Gasteiger partial charge >= 0.3 is 0 Å². The molecule has 3 rings (SSSR count). The van der Waals surface area contributed by atoms with E-state index in [1.165, 1.54) is 6.20 Å². The first-order valence-corrected chi connectivity index (χ1v) is 8.88. The summed E-state index contributed by atoms with van der Waals surface area (Å²) in [6.07, 6.45) is 6.60. The van der Waals surface area contributed by atoms with Crippen LogP contribution in [0.1, 0.15) is 24.6 Å². The average Bonchev–Trinajstić information content (AvgIpc) is 2.72. The smallest absolute Gasteiger partial charge is 0.269 e. The maximum Gasteiger partial charge on any atom is 0.269 e. The highest BCUT2D eigenvalue weighted by atomic mass is 16.5. The average molecular weight is 369 g/mol. The first-order valence-electron chi connectivity index (χ1n) is 8.88. The van der Waals surface area contributed by atoms with Gasteiger partial charge in [0, 0.05) is 39.9 Å². The minimum atomic E-state index is -0.116. The van der Waals surface area contributed by atoms with Crippen molar-refractivity contribution < 1.29 is 4.74 Å². The Balaban J connectivity index is 1.73. The molecule has 1 aliphatic rings. The summed E-state index contributed by atoms with van der Waals surface area (Å²) < 4.78 is 6.62. The van der Waals surface area contributed by atoms with Crippen LogP contribution < -0.4 is 15.4 Å². The van der Waals surface area contributed by atoms with Crippen LogP contribution in [0.25, 0.3) is 0 Å². The Bertz CT molecular complexity index is 859. The number of ether oxygens (including phenoxy) is 1. The minimum Gasteiger partial charge on any atom is -0.383 e. The van der Waals surface area contributed by atoms with Gasteiger partial charge in [0.2, 0.25) is 0 Å². The van der Waals surface area contributed by atoms with Gasteiger partial charge in [-0.3, -0.25) is 4.79 Å². The van der Waals surface area contributed by atoms with Gasteiger partial charge in [-0.25, -0.2) is 14.6 Å². The lowest BCUT2D eigenvalue weighted by Gasteiger charge is -2.33. The quantitative estimate of drug-likeness (QED) is 0.738. The third-order valence-corrected chi connectivity index (χ3v) is 4.70. The van der Waals surface area contributed by atoms with Crippen LogP contribution in [0.15, 0.2) is 29.5 Å². The fraction of sp³-hybridized carbons (Fsp3) is 0.500. The van der Waals surface area contributed by atoms with Crippen LogP contribution in [0.4, 0.5) is 11.5 Å². The Morgan fingerprint density at radius 3 is 2.89 bits per heavy atom. The van der Waals surface area contributed by atoms with Crippen LogP contribution in [0, 0.1) is 11.3 Å². The van der Waals surface area contributed by atoms with Gasteiger partial charge in [0.15, 0.2) is 5.69 Å². The zero-order chi connectivity index (χ0) is 19.2. The highest BCUT2D eigenvalue weighted by molar-refractivity contribution is 5.42. The van der Waals surface area contributed by atoms with Gasteiger partial charge in [-0.1, -0.05) is 0 Å². The van der Waals surface area contributed by atoms with Gasteiger partial charge in [0.25, 0.3) is 5.56 Å². The van der Waals surface area contributed by atoms with Crippen LogP contribution in [0.5, 0.6) is 0 Å². The number of nitrogens with zero attached hydrogens (tertiary/aromatic N) is 7. The molecule has 0 aromatic carbocycles. The van der Waals surface area contributed by atoms with Crippen LogP contribution in [0.3, 0.4) is 0 Å². The number of hydrogen-bond donors (Lipinski definition) is 0. The Hall–Kier alpha value is -2.99. The molecule has 1 fully saturated rings. The van der Waals surface area contributed by atoms with Crippen LogP contribution in [0.2, 0.25) is 0 Å². The molecule has 0 bridgehead atoms. The first kappa shape index (κ1) is 18.8. The van der Waals surface area contributed by atoms with E-state index in [0.717, 1.165) is 25.1 Å². The van der Waals surface area contributed by atoms with E-state index in [-0.39, 0.29) is 11.6 Å². The van der Waals surface area contributed by atoms with Crippen LogP contribution in [-0.4, -0.2) is 60.1 Å². The summed E-state index contributed by atoms with van der Waals surface area (Å²) in [4.78, 5) is 25.0. The molecule has 2 aromatic rings. The van der Waals surface area contributed by atoms with Gasteiger partial charge < -0.3 is 14.5 Å². The Morgan fingerprint density at radius 1 is 1.37 bits per heavy atom. The predicted molar refractivity (Wildman–Crippen MR) is 101 cm³/mol. The topological polar surface area (TPSA) is 100 Å². The molecule has 2 aromatic heterocycles. The molecule has 142 valence electrons. The zero-order valence-electron chi connectivity index (χ0n) is 15.6. The first-order chi connectivity index (χ1) is 13.1. The molecule has 1 atom stereocenters. The van der Waals surface area contributed by atoms with Crippen molar-refractivity contribution in [2.24, 2.45) is 0 Å². The minimum absolute atomic E-state index is 0.0259. The molecular formula is C18H23N7O2. The summed E-state index contributed by atoms with van der Waals surface area (Å²) in [5, 5.41) is 13.2. The van der Waals surface area contributed by atoms with Crippen molar-refractivity contribution in [2.75, 3.05) is 50.2 Å². The Kier molecular flexibility index (Phi) is 5.98. The molecule has 27 heavy (non-hydrogen) atoms. The lowest BCUT2D eigenvalue weighted by molar-refractivity contribution is 0.206. The van der Waals surface area contributed by atoms with Crippen molar-refractivity contribution >= 4 is 11.5 Å². The van der Waals surface area contributed by atoms with Gasteiger partial charge in [0.05, 0.1) is 36.9 Å². The summed E-state index contributed by atoms with van der Waals surface area (Å²) in [6.45, 7) is 2.75. The molecule has 9 heteroatoms. The molecular weight excluding hydrogens is 346 g/mol. The molecule has 0 saturated carbocycles. The van der Waals surface area contributed by atoms with Crippen molar-refractivity contribution in [1.29, 1.82) is 5.26 Å². The predicted octanol–water partition coefficient (Wildman–Crippen LogP) is 0.829. The van der Waals surface area contributed by atoms with Crippen molar-refractivity contribution in [3.05, 3.63) is 40.7 Å². The van der Waals surface area contributed by atoms with E-state index in [0.29, 0.717) is 31.2 Å². The molecule has 0 radical (unpaired) electrons. The lowest BCUT2D eigenvalue weighted by atomic mass is 10.1. The van der Waals surface area contributed by atoms with E-state index >= 15 is 0 Å². The Morgan fingerprint density at radius 2 is 2.22 bits per heavy atom. The van der Waals surface area contributed by atoms with Gasteiger partial charge in [-0.2, -0.15) is 10.4 Å². The highest BCUT2D eigenvalue weighted by Gasteiger charge is 2.24. The van der Waals surface area contributed by atoms with Crippen molar-refractivity contribution in [1.82, 2.24) is 19.7 Å². The van der Waals surface area contributed by atoms with Gasteiger partial charge in [-0.05, 0) is 12.8 Å². The molecule has 0 aliphatic carbocycles. The molecule has 1 saturated heterocycles. The molecule has 0 N–H and O–H groups in total. The van der Waals surface area contributed by atoms with E-state index in [1.54, 1.807) is 30.3 Å². The molecule has 0 amide bonds. The number of nitriles is 1. The van der Waals surface area contributed by atoms with Crippen LogP contribution >= 0.6 is 0 Å². The van der Waals surface area contributed by atoms with E-state index in [1.807, 2.05) is 18.0 Å². The second-order valence-corrected chi connectivity index (χ2v) is 6.52. The number of methoxy groups -OCH3 is 1. The van der Waals surface area contributed by atoms with E-state index in [9.17, 15) is 4.79 Å².